The van der Waals surface area contributed by atoms with Crippen LogP contribution in [-0.2, 0) is 25.6 Å². The number of carbonyl (C=O) groups excluding carboxylic acids is 2. The average Bonchev–Trinajstić information content (AvgIpc) is 2.86. The Morgan fingerprint density at radius 1 is 1.15 bits per heavy atom. The molecule has 8 heteroatoms. The zero-order chi connectivity index (χ0) is 23.3. The van der Waals surface area contributed by atoms with Crippen LogP contribution in [0.25, 0.3) is 0 Å². The summed E-state index contributed by atoms with van der Waals surface area (Å²) in [6, 6.07) is 11.1. The van der Waals surface area contributed by atoms with Crippen LogP contribution in [0.4, 0.5) is 4.79 Å². The van der Waals surface area contributed by atoms with Crippen LogP contribution in [0.3, 0.4) is 0 Å². The van der Waals surface area contributed by atoms with E-state index in [1.54, 1.807) is 4.90 Å². The van der Waals surface area contributed by atoms with Crippen LogP contribution in [0.1, 0.15) is 50.5 Å². The minimum absolute atomic E-state index is 0.168. The highest BCUT2D eigenvalue weighted by atomic mass is 16.6. The number of morpholine rings is 1. The largest absolute Gasteiger partial charge is 0.436 e. The van der Waals surface area contributed by atoms with E-state index in [1.165, 1.54) is 6.42 Å². The third-order valence-corrected chi connectivity index (χ3v) is 6.23. The van der Waals surface area contributed by atoms with Gasteiger partial charge in [-0.1, -0.05) is 62.4 Å². The molecule has 1 heterocycles. The van der Waals surface area contributed by atoms with Gasteiger partial charge in [0.15, 0.2) is 6.10 Å². The van der Waals surface area contributed by atoms with Gasteiger partial charge in [-0.3, -0.25) is 4.79 Å². The molecule has 2 fully saturated rings. The molecule has 0 unspecified atom stereocenters. The van der Waals surface area contributed by atoms with E-state index in [9.17, 15) is 14.9 Å². The number of amides is 2. The number of ether oxygens (including phenoxy) is 3. The molecule has 1 aromatic carbocycles. The van der Waals surface area contributed by atoms with Gasteiger partial charge in [0, 0.05) is 19.5 Å². The number of benzene rings is 1. The van der Waals surface area contributed by atoms with Crippen LogP contribution >= 0.6 is 0 Å². The predicted molar refractivity (Wildman–Crippen MR) is 122 cm³/mol. The number of nitriles is 1. The molecule has 1 aliphatic carbocycles. The first-order valence-corrected chi connectivity index (χ1v) is 12.0. The summed E-state index contributed by atoms with van der Waals surface area (Å²) in [6.45, 7) is 2.77. The van der Waals surface area contributed by atoms with Gasteiger partial charge in [-0.2, -0.15) is 5.26 Å². The maximum absolute atomic E-state index is 13.1. The normalized spacial score (nSPS) is 18.7. The van der Waals surface area contributed by atoms with Gasteiger partial charge in [-0.15, -0.1) is 0 Å². The zero-order valence-corrected chi connectivity index (χ0v) is 19.2. The minimum atomic E-state index is -0.833. The second-order valence-corrected chi connectivity index (χ2v) is 8.72. The fourth-order valence-corrected chi connectivity index (χ4v) is 4.35. The lowest BCUT2D eigenvalue weighted by Gasteiger charge is -2.32. The zero-order valence-electron chi connectivity index (χ0n) is 19.2. The SMILES string of the molecule is N#C[C@H](CCOCc1ccccc1)NC(=O)O[C@@H](CC1CCCCC1)C(=O)N1CCOCC1. The number of carbonyl (C=O) groups is 2. The van der Waals surface area contributed by atoms with Crippen molar-refractivity contribution < 1.29 is 23.8 Å². The Morgan fingerprint density at radius 3 is 2.58 bits per heavy atom. The first-order valence-electron chi connectivity index (χ1n) is 12.0. The maximum Gasteiger partial charge on any atom is 0.408 e. The van der Waals surface area contributed by atoms with E-state index in [2.05, 4.69) is 11.4 Å². The summed E-state index contributed by atoms with van der Waals surface area (Å²) in [5, 5.41) is 12.0. The fraction of sp³-hybridized carbons (Fsp3) is 0.640. The van der Waals surface area contributed by atoms with Gasteiger partial charge in [0.25, 0.3) is 5.91 Å². The predicted octanol–water partition coefficient (Wildman–Crippen LogP) is 3.41. The molecule has 1 saturated heterocycles. The van der Waals surface area contributed by atoms with Crippen molar-refractivity contribution in [2.45, 2.75) is 63.7 Å². The van der Waals surface area contributed by atoms with Gasteiger partial charge in [0.05, 0.1) is 32.5 Å². The fourth-order valence-electron chi connectivity index (χ4n) is 4.35. The first kappa shape index (κ1) is 25.0. The van der Waals surface area contributed by atoms with Gasteiger partial charge < -0.3 is 24.4 Å². The molecule has 33 heavy (non-hydrogen) atoms. The van der Waals surface area contributed by atoms with Crippen LogP contribution in [0.15, 0.2) is 30.3 Å². The summed E-state index contributed by atoms with van der Waals surface area (Å²) >= 11 is 0. The summed E-state index contributed by atoms with van der Waals surface area (Å²) in [7, 11) is 0. The molecule has 2 atom stereocenters. The summed E-state index contributed by atoms with van der Waals surface area (Å²) in [5.74, 6) is 0.207. The van der Waals surface area contributed by atoms with Gasteiger partial charge in [0.1, 0.15) is 6.04 Å². The lowest BCUT2D eigenvalue weighted by Crippen LogP contribution is -2.49. The summed E-state index contributed by atoms with van der Waals surface area (Å²) in [4.78, 5) is 27.4. The quantitative estimate of drug-likeness (QED) is 0.541. The Labute approximate surface area is 196 Å². The molecular weight excluding hydrogens is 422 g/mol. The third kappa shape index (κ3) is 8.67. The Hall–Kier alpha value is -2.63. The lowest BCUT2D eigenvalue weighted by atomic mass is 9.85. The molecule has 1 saturated carbocycles. The molecule has 0 radical (unpaired) electrons. The van der Waals surface area contributed by atoms with Gasteiger partial charge in [-0.05, 0) is 17.9 Å². The maximum atomic E-state index is 13.1. The van der Waals surface area contributed by atoms with Crippen LogP contribution < -0.4 is 5.32 Å². The number of alkyl carbamates (subject to hydrolysis) is 1. The van der Waals surface area contributed by atoms with Crippen LogP contribution in [-0.4, -0.2) is 62.0 Å². The van der Waals surface area contributed by atoms with Crippen molar-refractivity contribution in [2.24, 2.45) is 5.92 Å². The Balaban J connectivity index is 1.48. The summed E-state index contributed by atoms with van der Waals surface area (Å²) < 4.78 is 16.6. The van der Waals surface area contributed by atoms with Crippen molar-refractivity contribution in [3.63, 3.8) is 0 Å². The van der Waals surface area contributed by atoms with E-state index in [-0.39, 0.29) is 5.91 Å². The molecule has 0 aromatic heterocycles. The molecule has 1 aromatic rings. The number of nitrogens with one attached hydrogen (secondary N) is 1. The average molecular weight is 458 g/mol. The molecule has 1 aliphatic heterocycles. The van der Waals surface area contributed by atoms with Crippen molar-refractivity contribution >= 4 is 12.0 Å². The molecule has 3 rings (SSSR count). The third-order valence-electron chi connectivity index (χ3n) is 6.23. The topological polar surface area (TPSA) is 101 Å². The molecule has 8 nitrogen and oxygen atoms in total. The van der Waals surface area contributed by atoms with Crippen LogP contribution in [0, 0.1) is 17.2 Å². The number of hydrogen-bond donors (Lipinski definition) is 1. The highest BCUT2D eigenvalue weighted by Gasteiger charge is 2.32. The molecule has 2 amide bonds. The van der Waals surface area contributed by atoms with E-state index < -0.39 is 18.2 Å². The van der Waals surface area contributed by atoms with Crippen molar-refractivity contribution in [3.05, 3.63) is 35.9 Å². The van der Waals surface area contributed by atoms with Gasteiger partial charge >= 0.3 is 6.09 Å². The van der Waals surface area contributed by atoms with E-state index >= 15 is 0 Å². The highest BCUT2D eigenvalue weighted by Crippen LogP contribution is 2.28. The number of nitrogens with zero attached hydrogens (tertiary/aromatic N) is 2. The molecule has 1 N–H and O–H groups in total. The van der Waals surface area contributed by atoms with E-state index in [1.807, 2.05) is 30.3 Å². The van der Waals surface area contributed by atoms with E-state index in [0.717, 1.165) is 31.2 Å². The Bertz CT molecular complexity index is 770. The standard InChI is InChI=1S/C25H35N3O5/c26-18-22(11-14-32-19-21-9-5-2-6-10-21)27-25(30)33-23(17-20-7-3-1-4-8-20)24(29)28-12-15-31-16-13-28/h2,5-6,9-10,20,22-23H,1,3-4,7-8,11-17,19H2,(H,27,30)/t22-,23-/m0/s1. The second kappa shape index (κ2) is 13.8. The van der Waals surface area contributed by atoms with E-state index in [0.29, 0.717) is 58.3 Å². The van der Waals surface area contributed by atoms with Gasteiger partial charge in [0.2, 0.25) is 0 Å². The van der Waals surface area contributed by atoms with Crippen LogP contribution in [0.5, 0.6) is 0 Å². The van der Waals surface area contributed by atoms with Crippen molar-refractivity contribution in [3.8, 4) is 6.07 Å². The molecule has 0 bridgehead atoms. The molecule has 0 spiro atoms. The molecule has 2 aliphatic rings. The monoisotopic (exact) mass is 457 g/mol. The molecular formula is C25H35N3O5. The minimum Gasteiger partial charge on any atom is -0.436 e. The molecule has 180 valence electrons. The smallest absolute Gasteiger partial charge is 0.408 e. The first-order chi connectivity index (χ1) is 16.2. The van der Waals surface area contributed by atoms with Gasteiger partial charge in [-0.25, -0.2) is 4.79 Å². The second-order valence-electron chi connectivity index (χ2n) is 8.72. The summed E-state index contributed by atoms with van der Waals surface area (Å²) in [6.07, 6.45) is 4.92. The number of rotatable bonds is 10. The Kier molecular flexibility index (Phi) is 10.5. The van der Waals surface area contributed by atoms with Crippen molar-refractivity contribution in [2.75, 3.05) is 32.9 Å². The van der Waals surface area contributed by atoms with Crippen molar-refractivity contribution in [1.82, 2.24) is 10.2 Å². The van der Waals surface area contributed by atoms with Crippen LogP contribution in [0.2, 0.25) is 0 Å². The Morgan fingerprint density at radius 2 is 1.88 bits per heavy atom. The van der Waals surface area contributed by atoms with E-state index in [4.69, 9.17) is 14.2 Å². The van der Waals surface area contributed by atoms with Crippen molar-refractivity contribution in [1.29, 1.82) is 5.26 Å². The number of hydrogen-bond acceptors (Lipinski definition) is 6. The summed E-state index contributed by atoms with van der Waals surface area (Å²) in [5.41, 5.74) is 1.05. The highest BCUT2D eigenvalue weighted by molar-refractivity contribution is 5.83. The lowest BCUT2D eigenvalue weighted by molar-refractivity contribution is -0.145.